The van der Waals surface area contributed by atoms with Gasteiger partial charge < -0.3 is 14.2 Å². The molecule has 5 nitrogen and oxygen atoms in total. The van der Waals surface area contributed by atoms with E-state index in [4.69, 9.17) is 19.9 Å². The maximum Gasteiger partial charge on any atom is 0.321 e. The lowest BCUT2D eigenvalue weighted by atomic mass is 10.2. The summed E-state index contributed by atoms with van der Waals surface area (Å²) < 4.78 is 16.7. The van der Waals surface area contributed by atoms with E-state index in [-0.39, 0.29) is 6.61 Å². The number of nitrogens with two attached hydrogens (primary N) is 1. The Balaban J connectivity index is 2.02. The first kappa shape index (κ1) is 22.1. The highest BCUT2D eigenvalue weighted by atomic mass is 31.1. The third kappa shape index (κ3) is 5.13. The van der Waals surface area contributed by atoms with Gasteiger partial charge in [-0.1, -0.05) is 91.0 Å². The van der Waals surface area contributed by atoms with Crippen molar-refractivity contribution in [2.75, 3.05) is 14.2 Å². The van der Waals surface area contributed by atoms with Gasteiger partial charge in [0, 0.05) is 14.2 Å². The van der Waals surface area contributed by atoms with Gasteiger partial charge in [0.05, 0.1) is 0 Å². The first-order valence-corrected chi connectivity index (χ1v) is 11.0. The highest BCUT2D eigenvalue weighted by Crippen LogP contribution is 2.45. The van der Waals surface area contributed by atoms with Crippen molar-refractivity contribution in [1.29, 1.82) is 0 Å². The predicted octanol–water partition coefficient (Wildman–Crippen LogP) is 3.14. The Labute approximate surface area is 178 Å². The SMILES string of the molecule is COC(N)(OC)C(C(=O)OCc1ccccc1)P(c1ccccc1)c1ccccc1. The average Bonchev–Trinajstić information content (AvgIpc) is 2.82. The summed E-state index contributed by atoms with van der Waals surface area (Å²) >= 11 is 0. The highest BCUT2D eigenvalue weighted by molar-refractivity contribution is 7.74. The Morgan fingerprint density at radius 3 is 1.70 bits per heavy atom. The van der Waals surface area contributed by atoms with Gasteiger partial charge in [-0.2, -0.15) is 0 Å². The Kier molecular flexibility index (Phi) is 7.72. The molecule has 0 heterocycles. The third-order valence-electron chi connectivity index (χ3n) is 4.79. The standard InChI is InChI=1S/C24H26NO4P/c1-27-24(25,28-2)22(23(26)29-18-19-12-6-3-7-13-19)30(20-14-8-4-9-15-20)21-16-10-5-11-17-21/h3-17,22H,18,25H2,1-2H3. The maximum atomic E-state index is 13.4. The number of hydrogen-bond donors (Lipinski definition) is 1. The molecule has 0 amide bonds. The molecule has 1 atom stereocenters. The van der Waals surface area contributed by atoms with Crippen LogP contribution in [0.25, 0.3) is 0 Å². The molecule has 3 aromatic rings. The van der Waals surface area contributed by atoms with Crippen molar-refractivity contribution in [3.05, 3.63) is 96.6 Å². The van der Waals surface area contributed by atoms with Crippen LogP contribution in [-0.2, 0) is 25.6 Å². The summed E-state index contributed by atoms with van der Waals surface area (Å²) in [5, 5.41) is 1.95. The molecule has 0 aliphatic heterocycles. The second kappa shape index (κ2) is 10.5. The third-order valence-corrected chi connectivity index (χ3v) is 7.59. The molecule has 3 aromatic carbocycles. The molecule has 30 heavy (non-hydrogen) atoms. The van der Waals surface area contributed by atoms with Gasteiger partial charge in [0.1, 0.15) is 6.61 Å². The van der Waals surface area contributed by atoms with E-state index in [2.05, 4.69) is 0 Å². The van der Waals surface area contributed by atoms with E-state index < -0.39 is 25.5 Å². The zero-order chi connectivity index (χ0) is 21.4. The molecule has 0 aromatic heterocycles. The lowest BCUT2D eigenvalue weighted by molar-refractivity contribution is -0.210. The molecule has 0 saturated heterocycles. The maximum absolute atomic E-state index is 13.4. The molecule has 2 N–H and O–H groups in total. The normalized spacial score (nSPS) is 12.5. The number of rotatable bonds is 9. The van der Waals surface area contributed by atoms with Gasteiger partial charge in [0.25, 0.3) is 0 Å². The molecule has 156 valence electrons. The fourth-order valence-corrected chi connectivity index (χ4v) is 5.93. The van der Waals surface area contributed by atoms with Crippen LogP contribution in [0, 0.1) is 0 Å². The van der Waals surface area contributed by atoms with Crippen LogP contribution in [0.2, 0.25) is 0 Å². The van der Waals surface area contributed by atoms with Crippen LogP contribution >= 0.6 is 7.92 Å². The summed E-state index contributed by atoms with van der Waals surface area (Å²) in [6.45, 7) is 0.145. The van der Waals surface area contributed by atoms with E-state index in [9.17, 15) is 4.79 Å². The predicted molar refractivity (Wildman–Crippen MR) is 120 cm³/mol. The summed E-state index contributed by atoms with van der Waals surface area (Å²) in [6, 6.07) is 29.1. The molecule has 6 heteroatoms. The van der Waals surface area contributed by atoms with E-state index in [0.717, 1.165) is 16.2 Å². The zero-order valence-electron chi connectivity index (χ0n) is 17.1. The lowest BCUT2D eigenvalue weighted by Crippen LogP contribution is -2.58. The topological polar surface area (TPSA) is 70.8 Å². The lowest BCUT2D eigenvalue weighted by Gasteiger charge is -2.38. The Morgan fingerprint density at radius 2 is 1.27 bits per heavy atom. The molecule has 0 radical (unpaired) electrons. The van der Waals surface area contributed by atoms with Crippen molar-refractivity contribution in [1.82, 2.24) is 0 Å². The first-order chi connectivity index (χ1) is 14.6. The van der Waals surface area contributed by atoms with Gasteiger partial charge in [-0.3, -0.25) is 10.5 Å². The summed E-state index contributed by atoms with van der Waals surface area (Å²) in [5.41, 5.74) is 6.47. The van der Waals surface area contributed by atoms with Gasteiger partial charge in [0.15, 0.2) is 5.66 Å². The molecular weight excluding hydrogens is 397 g/mol. The van der Waals surface area contributed by atoms with E-state index in [1.807, 2.05) is 91.0 Å². The van der Waals surface area contributed by atoms with E-state index in [1.165, 1.54) is 14.2 Å². The van der Waals surface area contributed by atoms with Crippen molar-refractivity contribution < 1.29 is 19.0 Å². The van der Waals surface area contributed by atoms with Crippen LogP contribution in [-0.4, -0.2) is 31.8 Å². The molecule has 0 aliphatic rings. The minimum absolute atomic E-state index is 0.145. The summed E-state index contributed by atoms with van der Waals surface area (Å²) in [5.74, 6) is -2.12. The molecule has 0 fully saturated rings. The number of methoxy groups -OCH3 is 2. The molecule has 0 bridgehead atoms. The van der Waals surface area contributed by atoms with Crippen molar-refractivity contribution in [3.8, 4) is 0 Å². The minimum Gasteiger partial charge on any atom is -0.460 e. The second-order valence-electron chi connectivity index (χ2n) is 6.67. The summed E-state index contributed by atoms with van der Waals surface area (Å²) in [7, 11) is 1.59. The van der Waals surface area contributed by atoms with Crippen molar-refractivity contribution >= 4 is 24.5 Å². The van der Waals surface area contributed by atoms with Crippen molar-refractivity contribution in [2.45, 2.75) is 18.2 Å². The Bertz CT molecular complexity index is 878. The van der Waals surface area contributed by atoms with Crippen LogP contribution in [0.5, 0.6) is 0 Å². The van der Waals surface area contributed by atoms with Gasteiger partial charge in [-0.05, 0) is 24.1 Å². The number of hydrogen-bond acceptors (Lipinski definition) is 5. The van der Waals surface area contributed by atoms with E-state index in [0.29, 0.717) is 0 Å². The van der Waals surface area contributed by atoms with E-state index in [1.54, 1.807) is 0 Å². The van der Waals surface area contributed by atoms with Crippen LogP contribution in [0.3, 0.4) is 0 Å². The van der Waals surface area contributed by atoms with Crippen LogP contribution in [0.1, 0.15) is 5.56 Å². The number of carbonyl (C=O) groups is 1. The molecule has 1 unspecified atom stereocenters. The van der Waals surface area contributed by atoms with Gasteiger partial charge in [0.2, 0.25) is 5.91 Å². The highest BCUT2D eigenvalue weighted by Gasteiger charge is 2.48. The molecule has 0 spiro atoms. The van der Waals surface area contributed by atoms with Crippen LogP contribution in [0.15, 0.2) is 91.0 Å². The van der Waals surface area contributed by atoms with Crippen molar-refractivity contribution in [3.63, 3.8) is 0 Å². The van der Waals surface area contributed by atoms with Gasteiger partial charge in [-0.25, -0.2) is 0 Å². The Morgan fingerprint density at radius 1 is 0.833 bits per heavy atom. The summed E-state index contributed by atoms with van der Waals surface area (Å²) in [6.07, 6.45) is 0. The molecule has 0 aliphatic carbocycles. The fraction of sp³-hybridized carbons (Fsp3) is 0.208. The smallest absolute Gasteiger partial charge is 0.321 e. The largest absolute Gasteiger partial charge is 0.460 e. The van der Waals surface area contributed by atoms with Gasteiger partial charge >= 0.3 is 5.97 Å². The summed E-state index contributed by atoms with van der Waals surface area (Å²) in [4.78, 5) is 13.4. The minimum atomic E-state index is -1.65. The van der Waals surface area contributed by atoms with Gasteiger partial charge in [-0.15, -0.1) is 0 Å². The molecule has 3 rings (SSSR count). The van der Waals surface area contributed by atoms with E-state index >= 15 is 0 Å². The number of esters is 1. The number of carbonyl (C=O) groups excluding carboxylic acids is 1. The molecule has 0 saturated carbocycles. The van der Waals surface area contributed by atoms with Crippen molar-refractivity contribution in [2.24, 2.45) is 5.73 Å². The zero-order valence-corrected chi connectivity index (χ0v) is 18.0. The first-order valence-electron chi connectivity index (χ1n) is 9.58. The monoisotopic (exact) mass is 423 g/mol. The molecular formula is C24H26NO4P. The number of ether oxygens (including phenoxy) is 3. The fourth-order valence-electron chi connectivity index (χ4n) is 3.19. The second-order valence-corrected chi connectivity index (χ2v) is 8.96. The number of benzene rings is 3. The van der Waals surface area contributed by atoms with Crippen LogP contribution in [0.4, 0.5) is 0 Å². The Hall–Kier alpha value is -2.56. The average molecular weight is 423 g/mol. The quantitative estimate of drug-likeness (QED) is 0.325. The van der Waals surface area contributed by atoms with Crippen LogP contribution < -0.4 is 16.3 Å².